The average Bonchev–Trinajstić information content (AvgIpc) is 3.31. The lowest BCUT2D eigenvalue weighted by molar-refractivity contribution is -0.163. The van der Waals surface area contributed by atoms with Crippen LogP contribution >= 0.6 is 0 Å². The zero-order valence-corrected chi connectivity index (χ0v) is 16.8. The zero-order chi connectivity index (χ0) is 19.6. The van der Waals surface area contributed by atoms with E-state index in [0.29, 0.717) is 24.0 Å². The summed E-state index contributed by atoms with van der Waals surface area (Å²) >= 11 is 0. The van der Waals surface area contributed by atoms with Gasteiger partial charge in [-0.15, -0.1) is 0 Å². The van der Waals surface area contributed by atoms with Gasteiger partial charge in [0.2, 0.25) is 0 Å². The van der Waals surface area contributed by atoms with E-state index in [-0.39, 0.29) is 35.1 Å². The number of ether oxygens (including phenoxy) is 1. The Balaban J connectivity index is 1.67. The molecule has 0 aromatic heterocycles. The molecule has 6 atom stereocenters. The van der Waals surface area contributed by atoms with Crippen molar-refractivity contribution in [3.05, 3.63) is 0 Å². The fourth-order valence-electron chi connectivity index (χ4n) is 7.46. The molecule has 150 valence electrons. The third-order valence-corrected chi connectivity index (χ3v) is 9.08. The first-order valence-corrected chi connectivity index (χ1v) is 10.5. The number of methoxy groups -OCH3 is 1. The first kappa shape index (κ1) is 18.9. The fraction of sp³-hybridized carbons (Fsp3) is 0.864. The number of carboxylic acids is 1. The van der Waals surface area contributed by atoms with E-state index in [4.69, 9.17) is 4.74 Å². The minimum atomic E-state index is -0.816. The van der Waals surface area contributed by atoms with Crippen molar-refractivity contribution in [3.63, 3.8) is 0 Å². The first-order chi connectivity index (χ1) is 12.7. The highest BCUT2D eigenvalue weighted by molar-refractivity contribution is 5.93. The maximum atomic E-state index is 13.4. The number of carbonyl (C=O) groups excluding carboxylic acids is 2. The van der Waals surface area contributed by atoms with Crippen LogP contribution in [0, 0.1) is 39.9 Å². The van der Waals surface area contributed by atoms with Crippen molar-refractivity contribution < 1.29 is 24.2 Å². The Hall–Kier alpha value is -1.39. The number of Topliss-reactive ketones (excluding diaryl/α,β-unsaturated/α-hetero) is 1. The van der Waals surface area contributed by atoms with Crippen molar-refractivity contribution in [2.75, 3.05) is 7.11 Å². The van der Waals surface area contributed by atoms with Gasteiger partial charge in [-0.3, -0.25) is 14.4 Å². The molecule has 4 saturated carbocycles. The summed E-state index contributed by atoms with van der Waals surface area (Å²) in [7, 11) is 1.48. The van der Waals surface area contributed by atoms with Crippen LogP contribution in [0.5, 0.6) is 0 Å². The van der Waals surface area contributed by atoms with Crippen LogP contribution < -0.4 is 0 Å². The second-order valence-electron chi connectivity index (χ2n) is 10.2. The quantitative estimate of drug-likeness (QED) is 0.754. The molecule has 0 saturated heterocycles. The second kappa shape index (κ2) is 6.05. The van der Waals surface area contributed by atoms with Crippen LogP contribution in [-0.2, 0) is 19.1 Å². The lowest BCUT2D eigenvalue weighted by Gasteiger charge is -2.57. The molecule has 27 heavy (non-hydrogen) atoms. The van der Waals surface area contributed by atoms with Crippen LogP contribution in [0.25, 0.3) is 0 Å². The molecule has 0 aromatic rings. The maximum absolute atomic E-state index is 13.4. The number of fused-ring (bicyclic) bond motifs is 3. The lowest BCUT2D eigenvalue weighted by atomic mass is 9.46. The maximum Gasteiger partial charge on any atom is 0.309 e. The van der Waals surface area contributed by atoms with E-state index < -0.39 is 11.4 Å². The van der Waals surface area contributed by atoms with Gasteiger partial charge in [-0.2, -0.15) is 0 Å². The Labute approximate surface area is 161 Å². The smallest absolute Gasteiger partial charge is 0.309 e. The van der Waals surface area contributed by atoms with E-state index in [2.05, 4.69) is 6.92 Å². The van der Waals surface area contributed by atoms with Gasteiger partial charge in [-0.25, -0.2) is 0 Å². The normalized spacial score (nSPS) is 44.5. The van der Waals surface area contributed by atoms with Crippen molar-refractivity contribution in [2.45, 2.75) is 71.6 Å². The Morgan fingerprint density at radius 1 is 1.11 bits per heavy atom. The Morgan fingerprint density at radius 2 is 1.81 bits per heavy atom. The number of carbonyl (C=O) groups is 3. The molecule has 0 aliphatic heterocycles. The summed E-state index contributed by atoms with van der Waals surface area (Å²) in [6, 6.07) is 0. The molecule has 5 heteroatoms. The average molecular weight is 376 g/mol. The number of rotatable bonds is 4. The van der Waals surface area contributed by atoms with Crippen LogP contribution in [-0.4, -0.2) is 29.9 Å². The Morgan fingerprint density at radius 3 is 2.41 bits per heavy atom. The number of aliphatic carboxylic acids is 1. The van der Waals surface area contributed by atoms with Gasteiger partial charge in [-0.1, -0.05) is 13.8 Å². The van der Waals surface area contributed by atoms with E-state index in [1.807, 2.05) is 6.92 Å². The van der Waals surface area contributed by atoms with Gasteiger partial charge in [0.15, 0.2) is 0 Å². The van der Waals surface area contributed by atoms with Crippen LogP contribution in [0.2, 0.25) is 0 Å². The molecule has 0 bridgehead atoms. The third kappa shape index (κ3) is 2.60. The molecule has 0 amide bonds. The van der Waals surface area contributed by atoms with Crippen LogP contribution in [0.3, 0.4) is 0 Å². The molecule has 1 spiro atoms. The third-order valence-electron chi connectivity index (χ3n) is 9.08. The molecule has 4 aliphatic carbocycles. The second-order valence-corrected chi connectivity index (χ2v) is 10.2. The van der Waals surface area contributed by atoms with E-state index in [0.717, 1.165) is 44.9 Å². The number of hydrogen-bond donors (Lipinski definition) is 1. The van der Waals surface area contributed by atoms with Crippen molar-refractivity contribution in [1.29, 1.82) is 0 Å². The molecule has 0 aromatic carbocycles. The monoisotopic (exact) mass is 376 g/mol. The van der Waals surface area contributed by atoms with Crippen molar-refractivity contribution in [1.82, 2.24) is 0 Å². The van der Waals surface area contributed by atoms with Crippen LogP contribution in [0.15, 0.2) is 0 Å². The van der Waals surface area contributed by atoms with Gasteiger partial charge in [-0.05, 0) is 74.5 Å². The largest absolute Gasteiger partial charge is 0.481 e. The van der Waals surface area contributed by atoms with Gasteiger partial charge in [0.25, 0.3) is 0 Å². The summed E-state index contributed by atoms with van der Waals surface area (Å²) in [5.74, 6) is 0.524. The number of ketones is 1. The van der Waals surface area contributed by atoms with E-state index in [1.165, 1.54) is 7.11 Å². The lowest BCUT2D eigenvalue weighted by Crippen LogP contribution is -2.56. The molecule has 4 rings (SSSR count). The van der Waals surface area contributed by atoms with E-state index in [1.54, 1.807) is 0 Å². The van der Waals surface area contributed by atoms with E-state index >= 15 is 0 Å². The fourth-order valence-corrected chi connectivity index (χ4v) is 7.46. The standard InChI is InChI=1S/C22H32O5/c1-20-8-6-15-13(14(20)4-5-16(20)18(25)27-3)12-22(10-11-22)19(26)21(15,2)9-7-17(23)24/h13-16H,4-12H2,1-3H3,(H,23,24)/t13?,14?,15?,16-,20+,21-/m1/s1. The highest BCUT2D eigenvalue weighted by Gasteiger charge is 2.68. The summed E-state index contributed by atoms with van der Waals surface area (Å²) in [5, 5.41) is 9.24. The van der Waals surface area contributed by atoms with Gasteiger partial charge in [0.05, 0.1) is 13.0 Å². The van der Waals surface area contributed by atoms with E-state index in [9.17, 15) is 19.5 Å². The summed E-state index contributed by atoms with van der Waals surface area (Å²) in [4.78, 5) is 37.1. The van der Waals surface area contributed by atoms with Crippen molar-refractivity contribution in [3.8, 4) is 0 Å². The summed E-state index contributed by atoms with van der Waals surface area (Å²) in [6.07, 6.45) is 7.14. The Kier molecular flexibility index (Phi) is 4.25. The number of carboxylic acid groups (broad SMARTS) is 1. The summed E-state index contributed by atoms with van der Waals surface area (Å²) in [6.45, 7) is 4.30. The minimum Gasteiger partial charge on any atom is -0.481 e. The Bertz CT molecular complexity index is 680. The summed E-state index contributed by atoms with van der Waals surface area (Å²) in [5.41, 5.74) is -0.767. The summed E-state index contributed by atoms with van der Waals surface area (Å²) < 4.78 is 5.10. The zero-order valence-electron chi connectivity index (χ0n) is 16.8. The number of hydrogen-bond acceptors (Lipinski definition) is 4. The van der Waals surface area contributed by atoms with Crippen LogP contribution in [0.4, 0.5) is 0 Å². The predicted molar refractivity (Wildman–Crippen MR) is 98.8 cm³/mol. The van der Waals surface area contributed by atoms with Gasteiger partial charge >= 0.3 is 11.9 Å². The molecule has 5 nitrogen and oxygen atoms in total. The highest BCUT2D eigenvalue weighted by atomic mass is 16.5. The topological polar surface area (TPSA) is 80.7 Å². The molecule has 4 fully saturated rings. The van der Waals surface area contributed by atoms with Gasteiger partial charge in [0, 0.05) is 17.3 Å². The first-order valence-electron chi connectivity index (χ1n) is 10.5. The SMILES string of the molecule is COC(=O)[C@H]1CCC2C3CC4(CC4)C(=O)[C@](C)(CCC(=O)O)C3CC[C@@]21C. The highest BCUT2D eigenvalue weighted by Crippen LogP contribution is 2.70. The molecule has 4 aliphatic rings. The minimum absolute atomic E-state index is 0.0356. The number of esters is 1. The molecule has 0 radical (unpaired) electrons. The van der Waals surface area contributed by atoms with Crippen LogP contribution in [0.1, 0.15) is 71.6 Å². The van der Waals surface area contributed by atoms with Gasteiger partial charge < -0.3 is 9.84 Å². The molecular formula is C22H32O5. The predicted octanol–water partition coefficient (Wildman–Crippen LogP) is 3.84. The van der Waals surface area contributed by atoms with Crippen molar-refractivity contribution >= 4 is 17.7 Å². The molecular weight excluding hydrogens is 344 g/mol. The van der Waals surface area contributed by atoms with Gasteiger partial charge in [0.1, 0.15) is 5.78 Å². The molecule has 3 unspecified atom stereocenters. The molecule has 1 N–H and O–H groups in total. The molecule has 0 heterocycles. The van der Waals surface area contributed by atoms with Crippen molar-refractivity contribution in [2.24, 2.45) is 39.9 Å².